The molecule has 0 unspecified atom stereocenters. The van der Waals surface area contributed by atoms with Gasteiger partial charge in [-0.1, -0.05) is 12.1 Å². The van der Waals surface area contributed by atoms with Crippen LogP contribution in [-0.2, 0) is 9.53 Å². The number of benzene rings is 2. The fourth-order valence-electron chi connectivity index (χ4n) is 2.97. The van der Waals surface area contributed by atoms with E-state index in [1.54, 1.807) is 42.5 Å². The van der Waals surface area contributed by atoms with E-state index in [-0.39, 0.29) is 24.5 Å². The standard InChI is InChI=1S/C22H26N2O5/c1-2-23-21(25)15-28-17-11-9-16(10-12-17)24-22(26)19-7-3-4-8-20(19)29-14-18-6-5-13-27-18/h3-4,7-12,18H,2,5-6,13-15H2,1H3,(H,23,25)(H,24,26)/t18-/m0/s1. The van der Waals surface area contributed by atoms with Gasteiger partial charge in [0.05, 0.1) is 11.7 Å². The number of anilines is 1. The van der Waals surface area contributed by atoms with Gasteiger partial charge in [0.1, 0.15) is 18.1 Å². The van der Waals surface area contributed by atoms with Gasteiger partial charge in [-0.2, -0.15) is 0 Å². The van der Waals surface area contributed by atoms with E-state index >= 15 is 0 Å². The van der Waals surface area contributed by atoms with Crippen molar-refractivity contribution in [2.75, 3.05) is 31.7 Å². The van der Waals surface area contributed by atoms with Crippen molar-refractivity contribution in [3.05, 3.63) is 54.1 Å². The van der Waals surface area contributed by atoms with E-state index in [2.05, 4.69) is 10.6 Å². The lowest BCUT2D eigenvalue weighted by Crippen LogP contribution is -2.28. The van der Waals surface area contributed by atoms with Crippen molar-refractivity contribution < 1.29 is 23.8 Å². The molecule has 3 rings (SSSR count). The number of rotatable bonds is 9. The van der Waals surface area contributed by atoms with Crippen LogP contribution in [0.5, 0.6) is 11.5 Å². The van der Waals surface area contributed by atoms with E-state index in [1.165, 1.54) is 0 Å². The van der Waals surface area contributed by atoms with Gasteiger partial charge in [0, 0.05) is 18.8 Å². The molecule has 2 N–H and O–H groups in total. The van der Waals surface area contributed by atoms with Gasteiger partial charge in [-0.25, -0.2) is 0 Å². The fourth-order valence-corrected chi connectivity index (χ4v) is 2.97. The Labute approximate surface area is 170 Å². The zero-order valence-electron chi connectivity index (χ0n) is 16.5. The van der Waals surface area contributed by atoms with Gasteiger partial charge in [0.15, 0.2) is 6.61 Å². The zero-order chi connectivity index (χ0) is 20.5. The van der Waals surface area contributed by atoms with Crippen molar-refractivity contribution in [3.63, 3.8) is 0 Å². The average molecular weight is 398 g/mol. The first kappa shape index (κ1) is 20.7. The monoisotopic (exact) mass is 398 g/mol. The van der Waals surface area contributed by atoms with E-state index in [9.17, 15) is 9.59 Å². The molecule has 2 aromatic carbocycles. The van der Waals surface area contributed by atoms with Crippen LogP contribution in [0.1, 0.15) is 30.1 Å². The average Bonchev–Trinajstić information content (AvgIpc) is 3.26. The number of ether oxygens (including phenoxy) is 3. The maximum absolute atomic E-state index is 12.7. The molecule has 154 valence electrons. The second-order valence-corrected chi connectivity index (χ2v) is 6.66. The number of carbonyl (C=O) groups is 2. The summed E-state index contributed by atoms with van der Waals surface area (Å²) in [5.41, 5.74) is 1.08. The molecule has 0 bridgehead atoms. The number of likely N-dealkylation sites (N-methyl/N-ethyl adjacent to an activating group) is 1. The van der Waals surface area contributed by atoms with Gasteiger partial charge < -0.3 is 24.8 Å². The molecule has 1 aliphatic heterocycles. The second-order valence-electron chi connectivity index (χ2n) is 6.66. The lowest BCUT2D eigenvalue weighted by atomic mass is 10.1. The summed E-state index contributed by atoms with van der Waals surface area (Å²) >= 11 is 0. The molecular formula is C22H26N2O5. The normalized spacial score (nSPS) is 15.6. The molecule has 1 saturated heterocycles. The van der Waals surface area contributed by atoms with Crippen LogP contribution in [-0.4, -0.2) is 44.3 Å². The number of amides is 2. The molecule has 0 radical (unpaired) electrons. The molecule has 1 heterocycles. The summed E-state index contributed by atoms with van der Waals surface area (Å²) in [4.78, 5) is 24.1. The summed E-state index contributed by atoms with van der Waals surface area (Å²) in [5, 5.41) is 5.52. The van der Waals surface area contributed by atoms with E-state index < -0.39 is 0 Å². The first-order valence-electron chi connectivity index (χ1n) is 9.80. The largest absolute Gasteiger partial charge is 0.490 e. The molecule has 0 spiro atoms. The number of carbonyl (C=O) groups excluding carboxylic acids is 2. The van der Waals surface area contributed by atoms with Crippen molar-refractivity contribution in [2.45, 2.75) is 25.9 Å². The van der Waals surface area contributed by atoms with Crippen molar-refractivity contribution in [1.29, 1.82) is 0 Å². The Balaban J connectivity index is 1.56. The Kier molecular flexibility index (Phi) is 7.47. The van der Waals surface area contributed by atoms with E-state index in [1.807, 2.05) is 13.0 Å². The van der Waals surface area contributed by atoms with Gasteiger partial charge in [-0.3, -0.25) is 9.59 Å². The maximum atomic E-state index is 12.7. The highest BCUT2D eigenvalue weighted by molar-refractivity contribution is 6.06. The minimum absolute atomic E-state index is 0.0467. The van der Waals surface area contributed by atoms with Crippen LogP contribution in [0.15, 0.2) is 48.5 Å². The SMILES string of the molecule is CCNC(=O)COc1ccc(NC(=O)c2ccccc2OC[C@@H]2CCCO2)cc1. The molecular weight excluding hydrogens is 372 g/mol. The van der Waals surface area contributed by atoms with E-state index in [0.29, 0.717) is 35.9 Å². The van der Waals surface area contributed by atoms with E-state index in [4.69, 9.17) is 14.2 Å². The van der Waals surface area contributed by atoms with Gasteiger partial charge in [-0.15, -0.1) is 0 Å². The molecule has 2 amide bonds. The molecule has 0 saturated carbocycles. The van der Waals surface area contributed by atoms with Crippen molar-refractivity contribution in [3.8, 4) is 11.5 Å². The summed E-state index contributed by atoms with van der Waals surface area (Å²) in [5.74, 6) is 0.644. The van der Waals surface area contributed by atoms with Crippen LogP contribution in [0.25, 0.3) is 0 Å². The van der Waals surface area contributed by atoms with Gasteiger partial charge in [0.2, 0.25) is 0 Å². The number of hydrogen-bond donors (Lipinski definition) is 2. The highest BCUT2D eigenvalue weighted by Gasteiger charge is 2.18. The highest BCUT2D eigenvalue weighted by Crippen LogP contribution is 2.22. The molecule has 0 aliphatic carbocycles. The summed E-state index contributed by atoms with van der Waals surface area (Å²) in [7, 11) is 0. The molecule has 7 heteroatoms. The maximum Gasteiger partial charge on any atom is 0.259 e. The van der Waals surface area contributed by atoms with E-state index in [0.717, 1.165) is 19.4 Å². The third-order valence-corrected chi connectivity index (χ3v) is 4.44. The fraction of sp³-hybridized carbons (Fsp3) is 0.364. The summed E-state index contributed by atoms with van der Waals surface area (Å²) in [6, 6.07) is 14.0. The van der Waals surface area contributed by atoms with Crippen molar-refractivity contribution in [1.82, 2.24) is 5.32 Å². The Bertz CT molecular complexity index is 816. The summed E-state index contributed by atoms with van der Waals surface area (Å²) < 4.78 is 16.8. The van der Waals surface area contributed by atoms with Crippen LogP contribution >= 0.6 is 0 Å². The quantitative estimate of drug-likeness (QED) is 0.678. The topological polar surface area (TPSA) is 85.9 Å². The molecule has 7 nitrogen and oxygen atoms in total. The smallest absolute Gasteiger partial charge is 0.259 e. The number of hydrogen-bond acceptors (Lipinski definition) is 5. The van der Waals surface area contributed by atoms with Crippen LogP contribution in [0, 0.1) is 0 Å². The zero-order valence-corrected chi connectivity index (χ0v) is 16.5. The lowest BCUT2D eigenvalue weighted by Gasteiger charge is -2.14. The summed E-state index contributed by atoms with van der Waals surface area (Å²) in [6.07, 6.45) is 2.10. The molecule has 29 heavy (non-hydrogen) atoms. The molecule has 0 aromatic heterocycles. The lowest BCUT2D eigenvalue weighted by molar-refractivity contribution is -0.122. The Morgan fingerprint density at radius 1 is 1.10 bits per heavy atom. The third-order valence-electron chi connectivity index (χ3n) is 4.44. The predicted molar refractivity (Wildman–Crippen MR) is 109 cm³/mol. The Morgan fingerprint density at radius 2 is 1.90 bits per heavy atom. The first-order valence-corrected chi connectivity index (χ1v) is 9.80. The van der Waals surface area contributed by atoms with Crippen LogP contribution in [0.2, 0.25) is 0 Å². The molecule has 1 fully saturated rings. The van der Waals surface area contributed by atoms with Crippen LogP contribution < -0.4 is 20.1 Å². The minimum atomic E-state index is -0.260. The van der Waals surface area contributed by atoms with Crippen LogP contribution in [0.4, 0.5) is 5.69 Å². The minimum Gasteiger partial charge on any atom is -0.490 e. The Morgan fingerprint density at radius 3 is 2.62 bits per heavy atom. The molecule has 1 aliphatic rings. The number of para-hydroxylation sites is 1. The van der Waals surface area contributed by atoms with Gasteiger partial charge in [-0.05, 0) is 56.2 Å². The van der Waals surface area contributed by atoms with Crippen molar-refractivity contribution in [2.24, 2.45) is 0 Å². The number of nitrogens with one attached hydrogen (secondary N) is 2. The van der Waals surface area contributed by atoms with Gasteiger partial charge in [0.25, 0.3) is 11.8 Å². The molecule has 1 atom stereocenters. The second kappa shape index (κ2) is 10.5. The summed E-state index contributed by atoms with van der Waals surface area (Å²) in [6.45, 7) is 3.56. The molecule has 2 aromatic rings. The van der Waals surface area contributed by atoms with Crippen molar-refractivity contribution >= 4 is 17.5 Å². The Hall–Kier alpha value is -3.06. The van der Waals surface area contributed by atoms with Crippen LogP contribution in [0.3, 0.4) is 0 Å². The third kappa shape index (κ3) is 6.22. The van der Waals surface area contributed by atoms with Gasteiger partial charge >= 0.3 is 0 Å². The predicted octanol–water partition coefficient (Wildman–Crippen LogP) is 3.01. The highest BCUT2D eigenvalue weighted by atomic mass is 16.5. The first-order chi connectivity index (χ1) is 14.2.